The molecule has 0 bridgehead atoms. The van der Waals surface area contributed by atoms with Gasteiger partial charge in [0.2, 0.25) is 0 Å². The van der Waals surface area contributed by atoms with Crippen LogP contribution in [-0.4, -0.2) is 26.3 Å². The molecule has 0 aromatic heterocycles. The van der Waals surface area contributed by atoms with E-state index in [1.807, 2.05) is 7.11 Å². The van der Waals surface area contributed by atoms with Gasteiger partial charge in [-0.1, -0.05) is 33.1 Å². The molecule has 1 fully saturated rings. The molecule has 0 radical (unpaired) electrons. The van der Waals surface area contributed by atoms with E-state index < -0.39 is 0 Å². The molecule has 0 aromatic rings. The van der Waals surface area contributed by atoms with Crippen LogP contribution in [0.3, 0.4) is 0 Å². The smallest absolute Gasteiger partial charge is 0.0464 e. The molecule has 2 heteroatoms. The van der Waals surface area contributed by atoms with Gasteiger partial charge in [0.15, 0.2) is 0 Å². The lowest BCUT2D eigenvalue weighted by atomic mass is 9.84. The summed E-state index contributed by atoms with van der Waals surface area (Å²) in [7, 11) is 1.81. The van der Waals surface area contributed by atoms with E-state index in [-0.39, 0.29) is 0 Å². The summed E-state index contributed by atoms with van der Waals surface area (Å²) in [5.41, 5.74) is 0. The lowest BCUT2D eigenvalue weighted by molar-refractivity contribution is 0.158. The average Bonchev–Trinajstić information content (AvgIpc) is 2.59. The third kappa shape index (κ3) is 5.87. The van der Waals surface area contributed by atoms with Gasteiger partial charge < -0.3 is 10.1 Å². The van der Waals surface area contributed by atoms with Crippen LogP contribution < -0.4 is 5.32 Å². The van der Waals surface area contributed by atoms with E-state index in [1.54, 1.807) is 0 Å². The van der Waals surface area contributed by atoms with Gasteiger partial charge in [0, 0.05) is 19.8 Å². The van der Waals surface area contributed by atoms with Gasteiger partial charge in [0.05, 0.1) is 0 Å². The fourth-order valence-electron chi connectivity index (χ4n) is 2.99. The summed E-state index contributed by atoms with van der Waals surface area (Å²) in [6, 6.07) is 0.771. The minimum atomic E-state index is 0.771. The number of nitrogens with one attached hydrogen (secondary N) is 1. The lowest BCUT2D eigenvalue weighted by Crippen LogP contribution is -2.32. The van der Waals surface area contributed by atoms with Crippen LogP contribution in [0.2, 0.25) is 0 Å². The molecule has 1 aliphatic carbocycles. The summed E-state index contributed by atoms with van der Waals surface area (Å²) in [5.74, 6) is 1.72. The molecular weight excluding hydrogens is 210 g/mol. The first-order chi connectivity index (χ1) is 8.27. The normalized spacial score (nSPS) is 27.7. The van der Waals surface area contributed by atoms with Crippen molar-refractivity contribution in [1.82, 2.24) is 5.32 Å². The van der Waals surface area contributed by atoms with Gasteiger partial charge in [-0.05, 0) is 44.1 Å². The van der Waals surface area contributed by atoms with Crippen LogP contribution in [0.5, 0.6) is 0 Å². The number of hydrogen-bond donors (Lipinski definition) is 1. The highest BCUT2D eigenvalue weighted by molar-refractivity contribution is 4.79. The van der Waals surface area contributed by atoms with Crippen LogP contribution in [0.25, 0.3) is 0 Å². The van der Waals surface area contributed by atoms with Crippen molar-refractivity contribution in [2.45, 2.75) is 64.8 Å². The minimum Gasteiger partial charge on any atom is -0.385 e. The van der Waals surface area contributed by atoms with Crippen LogP contribution in [0.1, 0.15) is 58.8 Å². The van der Waals surface area contributed by atoms with E-state index in [4.69, 9.17) is 4.74 Å². The first kappa shape index (κ1) is 15.0. The quantitative estimate of drug-likeness (QED) is 0.688. The monoisotopic (exact) mass is 241 g/mol. The van der Waals surface area contributed by atoms with Crippen molar-refractivity contribution >= 4 is 0 Å². The number of hydrogen-bond acceptors (Lipinski definition) is 2. The Bertz CT molecular complexity index is 184. The Morgan fingerprint density at radius 3 is 2.76 bits per heavy atom. The van der Waals surface area contributed by atoms with Crippen molar-refractivity contribution in [1.29, 1.82) is 0 Å². The Labute approximate surface area is 108 Å². The molecule has 1 saturated carbocycles. The van der Waals surface area contributed by atoms with Gasteiger partial charge in [-0.2, -0.15) is 0 Å². The molecular formula is C15H31NO. The van der Waals surface area contributed by atoms with Crippen molar-refractivity contribution in [3.05, 3.63) is 0 Å². The molecule has 1 rings (SSSR count). The average molecular weight is 241 g/mol. The Morgan fingerprint density at radius 2 is 2.06 bits per heavy atom. The molecule has 0 spiro atoms. The highest BCUT2D eigenvalue weighted by Crippen LogP contribution is 2.30. The summed E-state index contributed by atoms with van der Waals surface area (Å²) < 4.78 is 5.21. The number of ether oxygens (including phenoxy) is 1. The van der Waals surface area contributed by atoms with E-state index in [2.05, 4.69) is 19.2 Å². The Hall–Kier alpha value is -0.0800. The second-order valence-electron chi connectivity index (χ2n) is 5.69. The standard InChI is InChI=1S/C15H31NO/c1-4-10-16-15-8-6-5-7-14(12-15)13(2)9-11-17-3/h13-16H,4-12H2,1-3H3. The molecule has 2 nitrogen and oxygen atoms in total. The first-order valence-electron chi connectivity index (χ1n) is 7.50. The van der Waals surface area contributed by atoms with Gasteiger partial charge in [0.1, 0.15) is 0 Å². The fourth-order valence-corrected chi connectivity index (χ4v) is 2.99. The number of rotatable bonds is 7. The van der Waals surface area contributed by atoms with Crippen LogP contribution in [0.4, 0.5) is 0 Å². The summed E-state index contributed by atoms with van der Waals surface area (Å²) in [6.45, 7) is 6.77. The SMILES string of the molecule is CCCNC1CCCCC(C(C)CCOC)C1. The molecule has 0 amide bonds. The van der Waals surface area contributed by atoms with Crippen LogP contribution >= 0.6 is 0 Å². The van der Waals surface area contributed by atoms with E-state index in [0.717, 1.165) is 24.5 Å². The molecule has 0 heterocycles. The maximum Gasteiger partial charge on any atom is 0.0464 e. The maximum atomic E-state index is 5.21. The van der Waals surface area contributed by atoms with Gasteiger partial charge in [-0.25, -0.2) is 0 Å². The highest BCUT2D eigenvalue weighted by atomic mass is 16.5. The molecule has 0 aromatic carbocycles. The van der Waals surface area contributed by atoms with Crippen molar-refractivity contribution in [2.24, 2.45) is 11.8 Å². The zero-order chi connectivity index (χ0) is 12.5. The van der Waals surface area contributed by atoms with Gasteiger partial charge in [0.25, 0.3) is 0 Å². The Morgan fingerprint density at radius 1 is 1.29 bits per heavy atom. The van der Waals surface area contributed by atoms with Crippen molar-refractivity contribution in [3.63, 3.8) is 0 Å². The van der Waals surface area contributed by atoms with Crippen LogP contribution in [-0.2, 0) is 4.74 Å². The second kappa shape index (κ2) is 8.93. The van der Waals surface area contributed by atoms with E-state index in [9.17, 15) is 0 Å². The van der Waals surface area contributed by atoms with Gasteiger partial charge in [-0.15, -0.1) is 0 Å². The summed E-state index contributed by atoms with van der Waals surface area (Å²) >= 11 is 0. The van der Waals surface area contributed by atoms with E-state index >= 15 is 0 Å². The van der Waals surface area contributed by atoms with Crippen molar-refractivity contribution < 1.29 is 4.74 Å². The third-order valence-electron chi connectivity index (χ3n) is 4.23. The zero-order valence-electron chi connectivity index (χ0n) is 12.0. The molecule has 1 N–H and O–H groups in total. The molecule has 0 aliphatic heterocycles. The first-order valence-corrected chi connectivity index (χ1v) is 7.50. The summed E-state index contributed by atoms with van der Waals surface area (Å²) in [6.07, 6.45) is 9.50. The number of methoxy groups -OCH3 is 1. The molecule has 1 aliphatic rings. The van der Waals surface area contributed by atoms with Crippen LogP contribution in [0.15, 0.2) is 0 Å². The molecule has 3 unspecified atom stereocenters. The minimum absolute atomic E-state index is 0.771. The maximum absolute atomic E-state index is 5.21. The topological polar surface area (TPSA) is 21.3 Å². The predicted molar refractivity (Wildman–Crippen MR) is 74.3 cm³/mol. The van der Waals surface area contributed by atoms with Crippen molar-refractivity contribution in [3.8, 4) is 0 Å². The fraction of sp³-hybridized carbons (Fsp3) is 1.00. The predicted octanol–water partition coefficient (Wildman–Crippen LogP) is 3.61. The van der Waals surface area contributed by atoms with E-state index in [0.29, 0.717) is 0 Å². The molecule has 102 valence electrons. The summed E-state index contributed by atoms with van der Waals surface area (Å²) in [5, 5.41) is 3.72. The lowest BCUT2D eigenvalue weighted by Gasteiger charge is -2.26. The highest BCUT2D eigenvalue weighted by Gasteiger charge is 2.23. The molecule has 0 saturated heterocycles. The summed E-state index contributed by atoms with van der Waals surface area (Å²) in [4.78, 5) is 0. The third-order valence-corrected chi connectivity index (χ3v) is 4.23. The molecule has 17 heavy (non-hydrogen) atoms. The zero-order valence-corrected chi connectivity index (χ0v) is 12.0. The largest absolute Gasteiger partial charge is 0.385 e. The van der Waals surface area contributed by atoms with Crippen molar-refractivity contribution in [2.75, 3.05) is 20.3 Å². The Balaban J connectivity index is 2.36. The molecule has 3 atom stereocenters. The van der Waals surface area contributed by atoms with Gasteiger partial charge in [-0.3, -0.25) is 0 Å². The second-order valence-corrected chi connectivity index (χ2v) is 5.69. The van der Waals surface area contributed by atoms with Gasteiger partial charge >= 0.3 is 0 Å². The van der Waals surface area contributed by atoms with Crippen LogP contribution in [0, 0.1) is 11.8 Å². The Kier molecular flexibility index (Phi) is 7.87. The van der Waals surface area contributed by atoms with E-state index in [1.165, 1.54) is 51.5 Å².